The van der Waals surface area contributed by atoms with Crippen LogP contribution in [0.15, 0.2) is 6.07 Å². The van der Waals surface area contributed by atoms with Crippen LogP contribution in [-0.2, 0) is 6.42 Å². The van der Waals surface area contributed by atoms with Gasteiger partial charge in [-0.2, -0.15) is 4.98 Å². The minimum Gasteiger partial charge on any atom is -0.393 e. The maximum Gasteiger partial charge on any atom is 0.226 e. The fourth-order valence-corrected chi connectivity index (χ4v) is 3.05. The minimum absolute atomic E-state index is 0.253. The van der Waals surface area contributed by atoms with Crippen molar-refractivity contribution in [2.45, 2.75) is 46.1 Å². The Bertz CT molecular complexity index is 584. The molecule has 0 saturated carbocycles. The van der Waals surface area contributed by atoms with Crippen molar-refractivity contribution in [1.29, 1.82) is 0 Å². The number of rotatable bonds is 8. The van der Waals surface area contributed by atoms with Gasteiger partial charge in [0.25, 0.3) is 0 Å². The molecule has 1 atom stereocenters. The largest absolute Gasteiger partial charge is 0.393 e. The van der Waals surface area contributed by atoms with E-state index in [9.17, 15) is 5.11 Å². The SMILES string of the molecule is CCNc1nc(NCCC(O)CC)c2cc(CC)sc2n1. The molecule has 0 aliphatic rings. The number of aliphatic hydroxyl groups excluding tert-OH is 1. The number of aromatic nitrogens is 2. The van der Waals surface area contributed by atoms with Crippen molar-refractivity contribution >= 4 is 33.3 Å². The number of aryl methyl sites for hydroxylation is 1. The molecule has 5 nitrogen and oxygen atoms in total. The molecule has 21 heavy (non-hydrogen) atoms. The van der Waals surface area contributed by atoms with Crippen LogP contribution >= 0.6 is 11.3 Å². The van der Waals surface area contributed by atoms with Gasteiger partial charge in [-0.15, -0.1) is 11.3 Å². The van der Waals surface area contributed by atoms with Crippen molar-refractivity contribution < 1.29 is 5.11 Å². The lowest BCUT2D eigenvalue weighted by Gasteiger charge is -2.11. The summed E-state index contributed by atoms with van der Waals surface area (Å²) in [6.45, 7) is 7.68. The summed E-state index contributed by atoms with van der Waals surface area (Å²) >= 11 is 1.72. The molecule has 0 saturated heterocycles. The second-order valence-corrected chi connectivity index (χ2v) is 6.10. The summed E-state index contributed by atoms with van der Waals surface area (Å²) in [6, 6.07) is 2.16. The molecule has 1 unspecified atom stereocenters. The van der Waals surface area contributed by atoms with Gasteiger partial charge in [0.1, 0.15) is 10.6 Å². The Balaban J connectivity index is 2.23. The fraction of sp³-hybridized carbons (Fsp3) is 0.600. The molecule has 2 aromatic rings. The molecule has 0 radical (unpaired) electrons. The lowest BCUT2D eigenvalue weighted by molar-refractivity contribution is 0.164. The molecule has 0 aliphatic heterocycles. The predicted octanol–water partition coefficient (Wildman–Crippen LogP) is 3.26. The number of thiophene rings is 1. The normalized spacial score (nSPS) is 12.6. The monoisotopic (exact) mass is 308 g/mol. The molecule has 2 aromatic heterocycles. The van der Waals surface area contributed by atoms with E-state index in [4.69, 9.17) is 0 Å². The number of hydrogen-bond donors (Lipinski definition) is 3. The van der Waals surface area contributed by atoms with Crippen molar-refractivity contribution in [3.8, 4) is 0 Å². The van der Waals surface area contributed by atoms with E-state index < -0.39 is 0 Å². The third kappa shape index (κ3) is 4.04. The molecular formula is C15H24N4OS. The molecular weight excluding hydrogens is 284 g/mol. The van der Waals surface area contributed by atoms with E-state index in [1.807, 2.05) is 13.8 Å². The first-order valence-electron chi connectivity index (χ1n) is 7.64. The van der Waals surface area contributed by atoms with Crippen molar-refractivity contribution in [1.82, 2.24) is 9.97 Å². The van der Waals surface area contributed by atoms with Crippen LogP contribution in [0.2, 0.25) is 0 Å². The molecule has 0 bridgehead atoms. The van der Waals surface area contributed by atoms with Crippen LogP contribution in [0, 0.1) is 0 Å². The van der Waals surface area contributed by atoms with Gasteiger partial charge in [-0.3, -0.25) is 0 Å². The summed E-state index contributed by atoms with van der Waals surface area (Å²) in [5.74, 6) is 1.52. The van der Waals surface area contributed by atoms with Crippen molar-refractivity contribution in [2.24, 2.45) is 0 Å². The zero-order chi connectivity index (χ0) is 15.2. The molecule has 0 aromatic carbocycles. The Kier molecular flexibility index (Phi) is 5.76. The Morgan fingerprint density at radius 3 is 2.71 bits per heavy atom. The van der Waals surface area contributed by atoms with Gasteiger partial charge in [0.05, 0.1) is 11.5 Å². The molecule has 6 heteroatoms. The highest BCUT2D eigenvalue weighted by Crippen LogP contribution is 2.30. The van der Waals surface area contributed by atoms with E-state index in [-0.39, 0.29) is 6.10 Å². The maximum absolute atomic E-state index is 9.65. The Labute approximate surface area is 129 Å². The predicted molar refractivity (Wildman–Crippen MR) is 90.4 cm³/mol. The Hall–Kier alpha value is -1.40. The van der Waals surface area contributed by atoms with Crippen LogP contribution < -0.4 is 10.6 Å². The smallest absolute Gasteiger partial charge is 0.226 e. The maximum atomic E-state index is 9.65. The molecule has 2 heterocycles. The van der Waals surface area contributed by atoms with Gasteiger partial charge in [-0.1, -0.05) is 13.8 Å². The molecule has 3 N–H and O–H groups in total. The number of nitrogens with zero attached hydrogens (tertiary/aromatic N) is 2. The average molecular weight is 308 g/mol. The van der Waals surface area contributed by atoms with E-state index in [0.29, 0.717) is 12.5 Å². The van der Waals surface area contributed by atoms with Crippen molar-refractivity contribution in [2.75, 3.05) is 23.7 Å². The van der Waals surface area contributed by atoms with Gasteiger partial charge in [0.15, 0.2) is 0 Å². The average Bonchev–Trinajstić information content (AvgIpc) is 2.90. The quantitative estimate of drug-likeness (QED) is 0.698. The van der Waals surface area contributed by atoms with Crippen LogP contribution in [0.25, 0.3) is 10.2 Å². The number of nitrogens with one attached hydrogen (secondary N) is 2. The number of fused-ring (bicyclic) bond motifs is 1. The summed E-state index contributed by atoms with van der Waals surface area (Å²) in [5.41, 5.74) is 0. The summed E-state index contributed by atoms with van der Waals surface area (Å²) < 4.78 is 0. The molecule has 0 aliphatic carbocycles. The van der Waals surface area contributed by atoms with Crippen LogP contribution in [0.4, 0.5) is 11.8 Å². The van der Waals surface area contributed by atoms with Crippen molar-refractivity contribution in [3.05, 3.63) is 10.9 Å². The molecule has 0 fully saturated rings. The summed E-state index contributed by atoms with van der Waals surface area (Å²) in [7, 11) is 0. The fourth-order valence-electron chi connectivity index (χ4n) is 2.08. The number of hydrogen-bond acceptors (Lipinski definition) is 6. The van der Waals surface area contributed by atoms with Gasteiger partial charge in [0.2, 0.25) is 5.95 Å². The lowest BCUT2D eigenvalue weighted by Crippen LogP contribution is -2.13. The third-order valence-corrected chi connectivity index (χ3v) is 4.54. The highest BCUT2D eigenvalue weighted by molar-refractivity contribution is 7.18. The van der Waals surface area contributed by atoms with Crippen LogP contribution in [-0.4, -0.2) is 34.3 Å². The van der Waals surface area contributed by atoms with E-state index in [0.717, 1.165) is 41.8 Å². The Morgan fingerprint density at radius 2 is 2.05 bits per heavy atom. The van der Waals surface area contributed by atoms with E-state index in [1.165, 1.54) is 4.88 Å². The minimum atomic E-state index is -0.253. The number of aliphatic hydroxyl groups is 1. The van der Waals surface area contributed by atoms with E-state index >= 15 is 0 Å². The van der Waals surface area contributed by atoms with Gasteiger partial charge in [-0.05, 0) is 32.3 Å². The third-order valence-electron chi connectivity index (χ3n) is 3.37. The second kappa shape index (κ2) is 7.56. The lowest BCUT2D eigenvalue weighted by atomic mass is 10.2. The zero-order valence-electron chi connectivity index (χ0n) is 12.9. The van der Waals surface area contributed by atoms with E-state index in [2.05, 4.69) is 33.6 Å². The molecule has 0 spiro atoms. The number of anilines is 2. The second-order valence-electron chi connectivity index (χ2n) is 4.99. The van der Waals surface area contributed by atoms with Gasteiger partial charge >= 0.3 is 0 Å². The molecule has 0 amide bonds. The molecule has 2 rings (SSSR count). The highest BCUT2D eigenvalue weighted by atomic mass is 32.1. The zero-order valence-corrected chi connectivity index (χ0v) is 13.8. The topological polar surface area (TPSA) is 70.1 Å². The van der Waals surface area contributed by atoms with Crippen LogP contribution in [0.5, 0.6) is 0 Å². The first-order valence-corrected chi connectivity index (χ1v) is 8.45. The van der Waals surface area contributed by atoms with Gasteiger partial charge < -0.3 is 15.7 Å². The summed E-state index contributed by atoms with van der Waals surface area (Å²) in [6.07, 6.45) is 2.26. The Morgan fingerprint density at radius 1 is 1.24 bits per heavy atom. The van der Waals surface area contributed by atoms with Gasteiger partial charge in [0, 0.05) is 18.0 Å². The summed E-state index contributed by atoms with van der Waals surface area (Å²) in [5, 5.41) is 17.2. The van der Waals surface area contributed by atoms with Crippen LogP contribution in [0.1, 0.15) is 38.5 Å². The van der Waals surface area contributed by atoms with Crippen LogP contribution in [0.3, 0.4) is 0 Å². The van der Waals surface area contributed by atoms with Gasteiger partial charge in [-0.25, -0.2) is 4.98 Å². The first kappa shape index (κ1) is 16.0. The first-order chi connectivity index (χ1) is 10.2. The van der Waals surface area contributed by atoms with E-state index in [1.54, 1.807) is 11.3 Å². The van der Waals surface area contributed by atoms with Crippen molar-refractivity contribution in [3.63, 3.8) is 0 Å². The molecule has 116 valence electrons. The highest BCUT2D eigenvalue weighted by Gasteiger charge is 2.11. The standard InChI is InChI=1S/C15H24N4OS/c1-4-10(20)7-8-17-13-12-9-11(5-2)21-14(12)19-15(18-13)16-6-3/h9-10,20H,4-8H2,1-3H3,(H2,16,17,18,19). The summed E-state index contributed by atoms with van der Waals surface area (Å²) in [4.78, 5) is 11.4.